The van der Waals surface area contributed by atoms with Gasteiger partial charge in [0, 0.05) is 0 Å². The van der Waals surface area contributed by atoms with E-state index in [1.807, 2.05) is 72.8 Å². The van der Waals surface area contributed by atoms with Crippen molar-refractivity contribution in [1.29, 1.82) is 0 Å². The normalized spacial score (nSPS) is 23.9. The Bertz CT molecular complexity index is 1190. The van der Waals surface area contributed by atoms with Gasteiger partial charge >= 0.3 is 214 Å². The molecule has 176 valence electrons. The molecule has 2 saturated carbocycles. The molecule has 0 radical (unpaired) electrons. The van der Waals surface area contributed by atoms with Gasteiger partial charge in [-0.3, -0.25) is 0 Å². The number of hydrogen-bond acceptors (Lipinski definition) is 2. The predicted molar refractivity (Wildman–Crippen MR) is 146 cm³/mol. The molecule has 0 N–H and O–H groups in total. The number of fused-ring (bicyclic) bond motifs is 2. The van der Waals surface area contributed by atoms with Crippen LogP contribution in [-0.4, -0.2) is 27.0 Å². The van der Waals surface area contributed by atoms with Gasteiger partial charge in [-0.05, 0) is 0 Å². The Morgan fingerprint density at radius 1 is 0.429 bits per heavy atom. The van der Waals surface area contributed by atoms with Crippen molar-refractivity contribution in [2.75, 3.05) is 0 Å². The second kappa shape index (κ2) is 9.23. The van der Waals surface area contributed by atoms with Crippen molar-refractivity contribution in [3.05, 3.63) is 121 Å². The molecule has 4 aromatic rings. The van der Waals surface area contributed by atoms with Gasteiger partial charge in [-0.15, -0.1) is 0 Å². The maximum atomic E-state index is 15.7. The Kier molecular flexibility index (Phi) is 6.07. The van der Waals surface area contributed by atoms with Crippen molar-refractivity contribution in [2.45, 2.75) is 28.7 Å². The molecule has 35 heavy (non-hydrogen) atoms. The van der Waals surface area contributed by atoms with Crippen molar-refractivity contribution in [3.8, 4) is 0 Å². The third kappa shape index (κ3) is 3.69. The second-order valence-corrected chi connectivity index (χ2v) is 22.3. The number of benzene rings is 4. The van der Waals surface area contributed by atoms with Crippen LogP contribution in [-0.2, 0) is 7.48 Å². The quantitative estimate of drug-likeness (QED) is 0.312. The molecule has 0 aromatic heterocycles. The summed E-state index contributed by atoms with van der Waals surface area (Å²) >= 11 is -7.89. The fourth-order valence-electron chi connectivity index (χ4n) is 6.84. The summed E-state index contributed by atoms with van der Waals surface area (Å²) in [6.07, 6.45) is 3.23. The summed E-state index contributed by atoms with van der Waals surface area (Å²) in [5, 5.41) is 0. The first kappa shape index (κ1) is 23.0. The molecule has 4 unspecified atom stereocenters. The van der Waals surface area contributed by atoms with Gasteiger partial charge in [-0.1, -0.05) is 0 Å². The van der Waals surface area contributed by atoms with Gasteiger partial charge in [0.25, 0.3) is 0 Å². The Morgan fingerprint density at radius 2 is 0.686 bits per heavy atom. The average molecular weight is 584 g/mol. The second-order valence-electron chi connectivity index (χ2n) is 9.97. The average Bonchev–Trinajstić information content (AvgIpc) is 3.57. The predicted octanol–water partition coefficient (Wildman–Crippen LogP) is 4.54. The maximum absolute atomic E-state index is 15.7. The molecule has 4 atom stereocenters. The van der Waals surface area contributed by atoms with Crippen LogP contribution in [0.15, 0.2) is 121 Å². The van der Waals surface area contributed by atoms with Gasteiger partial charge in [0.15, 0.2) is 0 Å². The molecule has 0 amide bonds. The van der Waals surface area contributed by atoms with E-state index in [-0.39, 0.29) is 9.41 Å². The first-order valence-corrected chi connectivity index (χ1v) is 20.0. The molecular formula is C31H30As2O2. The molecule has 0 heterocycles. The zero-order chi connectivity index (χ0) is 23.9. The van der Waals surface area contributed by atoms with Crippen LogP contribution in [0.1, 0.15) is 19.3 Å². The van der Waals surface area contributed by atoms with Crippen LogP contribution in [0.4, 0.5) is 0 Å². The van der Waals surface area contributed by atoms with E-state index in [9.17, 15) is 0 Å². The summed E-state index contributed by atoms with van der Waals surface area (Å²) in [7, 11) is 0. The van der Waals surface area contributed by atoms with Crippen molar-refractivity contribution >= 4 is 44.4 Å². The van der Waals surface area contributed by atoms with Crippen LogP contribution in [0.3, 0.4) is 0 Å². The van der Waals surface area contributed by atoms with Gasteiger partial charge in [0.1, 0.15) is 0 Å². The Hall–Kier alpha value is -2.40. The molecule has 0 saturated heterocycles. The molecule has 2 fully saturated rings. The Morgan fingerprint density at radius 3 is 0.943 bits per heavy atom. The summed E-state index contributed by atoms with van der Waals surface area (Å²) < 4.78 is 35.1. The third-order valence-electron chi connectivity index (χ3n) is 8.23. The first-order valence-electron chi connectivity index (χ1n) is 12.6. The Labute approximate surface area is 212 Å². The molecule has 2 aliphatic carbocycles. The van der Waals surface area contributed by atoms with Crippen LogP contribution in [0.2, 0.25) is 9.41 Å². The van der Waals surface area contributed by atoms with Gasteiger partial charge < -0.3 is 0 Å². The van der Waals surface area contributed by atoms with E-state index in [0.717, 1.165) is 36.7 Å². The van der Waals surface area contributed by atoms with E-state index in [0.29, 0.717) is 11.8 Å². The van der Waals surface area contributed by atoms with Gasteiger partial charge in [0.05, 0.1) is 0 Å². The monoisotopic (exact) mass is 584 g/mol. The van der Waals surface area contributed by atoms with Crippen molar-refractivity contribution in [2.24, 2.45) is 11.8 Å². The molecule has 4 aromatic carbocycles. The number of rotatable bonds is 6. The summed E-state index contributed by atoms with van der Waals surface area (Å²) in [4.78, 5) is 0. The Balaban J connectivity index is 1.62. The van der Waals surface area contributed by atoms with Crippen LogP contribution in [0.5, 0.6) is 0 Å². The summed E-state index contributed by atoms with van der Waals surface area (Å²) in [6, 6.07) is 40.5. The number of hydrogen-bond donors (Lipinski definition) is 0. The van der Waals surface area contributed by atoms with Gasteiger partial charge in [0.2, 0.25) is 0 Å². The summed E-state index contributed by atoms with van der Waals surface area (Å²) in [6.45, 7) is 0. The minimum atomic E-state index is -3.95. The zero-order valence-corrected chi connectivity index (χ0v) is 23.4. The van der Waals surface area contributed by atoms with Crippen LogP contribution < -0.4 is 17.4 Å². The fourth-order valence-corrected chi connectivity index (χ4v) is 26.7. The first-order chi connectivity index (χ1) is 17.1. The molecule has 0 spiro atoms. The van der Waals surface area contributed by atoms with Crippen LogP contribution >= 0.6 is 0 Å². The van der Waals surface area contributed by atoms with Crippen LogP contribution in [0.25, 0.3) is 0 Å². The topological polar surface area (TPSA) is 34.1 Å². The van der Waals surface area contributed by atoms with E-state index in [2.05, 4.69) is 48.5 Å². The zero-order valence-electron chi connectivity index (χ0n) is 19.7. The molecule has 6 rings (SSSR count). The van der Waals surface area contributed by atoms with E-state index in [1.54, 1.807) is 0 Å². The molecule has 2 nitrogen and oxygen atoms in total. The molecule has 0 aliphatic heterocycles. The van der Waals surface area contributed by atoms with Gasteiger partial charge in [-0.2, -0.15) is 0 Å². The van der Waals surface area contributed by atoms with E-state index in [1.165, 1.54) is 0 Å². The van der Waals surface area contributed by atoms with Crippen molar-refractivity contribution in [3.63, 3.8) is 0 Å². The molecular weight excluding hydrogens is 554 g/mol. The molecule has 4 heteroatoms. The van der Waals surface area contributed by atoms with E-state index < -0.39 is 27.0 Å². The van der Waals surface area contributed by atoms with Crippen molar-refractivity contribution in [1.82, 2.24) is 0 Å². The van der Waals surface area contributed by atoms with Gasteiger partial charge in [-0.25, -0.2) is 0 Å². The van der Waals surface area contributed by atoms with Crippen LogP contribution in [0, 0.1) is 11.8 Å². The third-order valence-corrected chi connectivity index (χ3v) is 24.9. The molecule has 2 bridgehead atoms. The van der Waals surface area contributed by atoms with E-state index in [4.69, 9.17) is 0 Å². The fraction of sp³-hybridized carbons (Fsp3) is 0.226. The van der Waals surface area contributed by atoms with Crippen molar-refractivity contribution < 1.29 is 7.48 Å². The minimum absolute atomic E-state index is 0.0536. The molecule has 2 aliphatic rings. The summed E-state index contributed by atoms with van der Waals surface area (Å²) in [5.74, 6) is 0.718. The van der Waals surface area contributed by atoms with E-state index >= 15 is 7.48 Å². The SMILES string of the molecule is O=[As](c1ccccc1)(c1ccccc1)C1C2CCC(C2)C1[As](=O)(c1ccccc1)c1ccccc1. The standard InChI is InChI=1S/C31H30As2O2/c34-32(26-13-5-1-6-14-26,27-15-7-2-8-16-27)30-24-21-22-25(23-24)31(30)33(35,28-17-9-3-10-18-28)29-19-11-4-12-20-29/h1-20,24-25,30-31H,21-23H2. The summed E-state index contributed by atoms with van der Waals surface area (Å²) in [5.41, 5.74) is 0.